The average molecular weight is 444 g/mol. The van der Waals surface area contributed by atoms with E-state index in [9.17, 15) is 13.2 Å². The molecule has 0 unspecified atom stereocenters. The number of morpholine rings is 1. The highest BCUT2D eigenvalue weighted by molar-refractivity contribution is 7.93. The van der Waals surface area contributed by atoms with Crippen molar-refractivity contribution in [3.63, 3.8) is 0 Å². The Bertz CT molecular complexity index is 1070. The van der Waals surface area contributed by atoms with Crippen LogP contribution in [-0.2, 0) is 19.6 Å². The van der Waals surface area contributed by atoms with Crippen molar-refractivity contribution in [1.82, 2.24) is 9.80 Å². The third kappa shape index (κ3) is 3.92. The third-order valence-electron chi connectivity index (χ3n) is 6.88. The van der Waals surface area contributed by atoms with Gasteiger partial charge < -0.3 is 9.64 Å². The highest BCUT2D eigenvalue weighted by atomic mass is 32.2. The van der Waals surface area contributed by atoms with Crippen LogP contribution in [0.2, 0.25) is 0 Å². The van der Waals surface area contributed by atoms with Crippen molar-refractivity contribution in [3.05, 3.63) is 36.4 Å². The molecule has 0 spiro atoms. The maximum atomic E-state index is 13.1. The smallest absolute Gasteiger partial charge is 0.265 e. The van der Waals surface area contributed by atoms with Gasteiger partial charge in [0.25, 0.3) is 10.0 Å². The number of ether oxygens (including phenoxy) is 1. The van der Waals surface area contributed by atoms with Gasteiger partial charge in [-0.3, -0.25) is 14.0 Å². The van der Waals surface area contributed by atoms with E-state index in [0.29, 0.717) is 29.6 Å². The summed E-state index contributed by atoms with van der Waals surface area (Å²) >= 11 is 0. The van der Waals surface area contributed by atoms with Crippen molar-refractivity contribution >= 4 is 32.4 Å². The molecule has 0 saturated carbocycles. The summed E-state index contributed by atoms with van der Waals surface area (Å²) in [4.78, 5) is 17.6. The van der Waals surface area contributed by atoms with Crippen LogP contribution in [-0.4, -0.2) is 76.6 Å². The summed E-state index contributed by atoms with van der Waals surface area (Å²) in [5.74, 6) is 0.514. The first-order valence-corrected chi connectivity index (χ1v) is 12.6. The molecule has 3 heterocycles. The summed E-state index contributed by atoms with van der Waals surface area (Å²) in [6, 6.07) is 10.8. The first-order valence-electron chi connectivity index (χ1n) is 11.2. The largest absolute Gasteiger partial charge is 0.379 e. The number of hydrogen-bond acceptors (Lipinski definition) is 5. The Morgan fingerprint density at radius 2 is 1.71 bits per heavy atom. The summed E-state index contributed by atoms with van der Waals surface area (Å²) in [5, 5.41) is 1.61. The summed E-state index contributed by atoms with van der Waals surface area (Å²) in [5.41, 5.74) is 0.613. The van der Waals surface area contributed by atoms with Crippen molar-refractivity contribution in [2.45, 2.75) is 24.2 Å². The first-order chi connectivity index (χ1) is 15.0. The molecule has 2 aromatic carbocycles. The molecule has 7 nitrogen and oxygen atoms in total. The molecule has 5 rings (SSSR count). The topological polar surface area (TPSA) is 70.2 Å². The minimum absolute atomic E-state index is 0.111. The van der Waals surface area contributed by atoms with Crippen molar-refractivity contribution in [2.75, 3.05) is 56.8 Å². The first kappa shape index (κ1) is 20.7. The number of anilines is 1. The van der Waals surface area contributed by atoms with Gasteiger partial charge in [0.15, 0.2) is 0 Å². The molecule has 8 heteroatoms. The molecule has 0 N–H and O–H groups in total. The Balaban J connectivity index is 1.20. The highest BCUT2D eigenvalue weighted by Gasteiger charge is 2.37. The van der Waals surface area contributed by atoms with E-state index in [1.54, 1.807) is 18.2 Å². The van der Waals surface area contributed by atoms with Crippen LogP contribution in [0, 0.1) is 5.92 Å². The molecule has 166 valence electrons. The lowest BCUT2D eigenvalue weighted by molar-refractivity contribution is -0.130. The van der Waals surface area contributed by atoms with Crippen molar-refractivity contribution in [2.24, 2.45) is 5.92 Å². The lowest BCUT2D eigenvalue weighted by Crippen LogP contribution is -2.45. The van der Waals surface area contributed by atoms with E-state index < -0.39 is 10.0 Å². The second-order valence-electron chi connectivity index (χ2n) is 8.71. The van der Waals surface area contributed by atoms with Crippen LogP contribution in [0.4, 0.5) is 5.69 Å². The molecule has 2 saturated heterocycles. The number of sulfonamides is 1. The Morgan fingerprint density at radius 1 is 1.00 bits per heavy atom. The average Bonchev–Trinajstić information content (AvgIpc) is 3.02. The Hall–Kier alpha value is -2.16. The number of nitrogens with zero attached hydrogens (tertiary/aromatic N) is 3. The third-order valence-corrected chi connectivity index (χ3v) is 8.69. The van der Waals surface area contributed by atoms with Crippen LogP contribution < -0.4 is 4.31 Å². The number of carbonyl (C=O) groups is 1. The maximum absolute atomic E-state index is 13.1. The van der Waals surface area contributed by atoms with E-state index in [1.807, 2.05) is 23.1 Å². The molecular weight excluding hydrogens is 414 g/mol. The molecule has 0 bridgehead atoms. The summed E-state index contributed by atoms with van der Waals surface area (Å²) < 4.78 is 32.9. The second kappa shape index (κ2) is 8.41. The van der Waals surface area contributed by atoms with Crippen molar-refractivity contribution in [3.8, 4) is 0 Å². The van der Waals surface area contributed by atoms with Crippen molar-refractivity contribution in [1.29, 1.82) is 0 Å². The van der Waals surface area contributed by atoms with Crippen LogP contribution in [0.1, 0.15) is 19.3 Å². The Labute approximate surface area is 183 Å². The van der Waals surface area contributed by atoms with Gasteiger partial charge in [-0.1, -0.05) is 24.3 Å². The second-order valence-corrected chi connectivity index (χ2v) is 10.5. The van der Waals surface area contributed by atoms with E-state index in [1.165, 1.54) is 4.31 Å². The van der Waals surface area contributed by atoms with Crippen LogP contribution in [0.5, 0.6) is 0 Å². The SMILES string of the molecule is O=C(CN1c2cccc3cccc(c23)S1(=O)=O)N1CCC(CCN2CCOCC2)CC1. The molecule has 0 aliphatic carbocycles. The number of piperidine rings is 1. The number of likely N-dealkylation sites (tertiary alicyclic amines) is 1. The van der Waals surface area contributed by atoms with E-state index in [0.717, 1.165) is 62.9 Å². The van der Waals surface area contributed by atoms with Gasteiger partial charge in [0.2, 0.25) is 5.91 Å². The van der Waals surface area contributed by atoms with Gasteiger partial charge in [-0.15, -0.1) is 0 Å². The maximum Gasteiger partial charge on any atom is 0.265 e. The summed E-state index contributed by atoms with van der Waals surface area (Å²) in [6.45, 7) is 6.04. The van der Waals surface area contributed by atoms with Crippen molar-refractivity contribution < 1.29 is 17.9 Å². The molecule has 1 amide bonds. The molecule has 2 fully saturated rings. The lowest BCUT2D eigenvalue weighted by atomic mass is 9.93. The van der Waals surface area contributed by atoms with Gasteiger partial charge in [0.1, 0.15) is 6.54 Å². The molecule has 3 aliphatic heterocycles. The van der Waals surface area contributed by atoms with E-state index in [2.05, 4.69) is 4.90 Å². The zero-order chi connectivity index (χ0) is 21.4. The van der Waals surface area contributed by atoms with Crippen LogP contribution >= 0.6 is 0 Å². The van der Waals surface area contributed by atoms with Gasteiger partial charge in [-0.25, -0.2) is 8.42 Å². The van der Waals surface area contributed by atoms with Gasteiger partial charge in [-0.2, -0.15) is 0 Å². The van der Waals surface area contributed by atoms with Crippen LogP contribution in [0.3, 0.4) is 0 Å². The fourth-order valence-corrected chi connectivity index (χ4v) is 6.67. The number of hydrogen-bond donors (Lipinski definition) is 0. The van der Waals surface area contributed by atoms with E-state index in [-0.39, 0.29) is 12.5 Å². The highest BCUT2D eigenvalue weighted by Crippen LogP contribution is 2.41. The van der Waals surface area contributed by atoms with E-state index in [4.69, 9.17) is 4.74 Å². The monoisotopic (exact) mass is 443 g/mol. The van der Waals surface area contributed by atoms with Gasteiger partial charge >= 0.3 is 0 Å². The fourth-order valence-electron chi connectivity index (χ4n) is 5.01. The predicted octanol–water partition coefficient (Wildman–Crippen LogP) is 2.31. The van der Waals surface area contributed by atoms with E-state index >= 15 is 0 Å². The lowest BCUT2D eigenvalue weighted by Gasteiger charge is -2.34. The van der Waals surface area contributed by atoms with Crippen LogP contribution in [0.25, 0.3) is 10.8 Å². The summed E-state index contributed by atoms with van der Waals surface area (Å²) in [6.07, 6.45) is 3.12. The minimum Gasteiger partial charge on any atom is -0.379 e. The number of carbonyl (C=O) groups excluding carboxylic acids is 1. The van der Waals surface area contributed by atoms with Crippen LogP contribution in [0.15, 0.2) is 41.3 Å². The number of rotatable bonds is 5. The molecule has 3 aliphatic rings. The molecule has 0 aromatic heterocycles. The molecule has 2 aromatic rings. The van der Waals surface area contributed by atoms with Gasteiger partial charge in [0.05, 0.1) is 23.8 Å². The van der Waals surface area contributed by atoms with Gasteiger partial charge in [0, 0.05) is 31.6 Å². The zero-order valence-electron chi connectivity index (χ0n) is 17.7. The molecule has 31 heavy (non-hydrogen) atoms. The molecular formula is C23H29N3O4S. The fraction of sp³-hybridized carbons (Fsp3) is 0.522. The quantitative estimate of drug-likeness (QED) is 0.709. The predicted molar refractivity (Wildman–Crippen MR) is 120 cm³/mol. The minimum atomic E-state index is -3.69. The molecule has 0 radical (unpaired) electrons. The Kier molecular flexibility index (Phi) is 5.62. The normalized spacial score (nSPS) is 21.7. The number of amides is 1. The molecule has 0 atom stereocenters. The Morgan fingerprint density at radius 3 is 2.45 bits per heavy atom. The number of benzene rings is 2. The zero-order valence-corrected chi connectivity index (χ0v) is 18.5. The van der Waals surface area contributed by atoms with Gasteiger partial charge in [-0.05, 0) is 49.2 Å². The standard InChI is InChI=1S/C23H29N3O4S/c27-22(25-11-8-18(9-12-25)7-10-24-13-15-30-16-14-24)17-26-20-5-1-3-19-4-2-6-21(23(19)20)31(26,28)29/h1-6,18H,7-17H2. The summed E-state index contributed by atoms with van der Waals surface area (Å²) in [7, 11) is -3.69.